The van der Waals surface area contributed by atoms with E-state index in [0.29, 0.717) is 37.1 Å². The molecule has 0 radical (unpaired) electrons. The molecule has 30 heavy (non-hydrogen) atoms. The molecule has 2 aliphatic heterocycles. The Morgan fingerprint density at radius 3 is 2.47 bits per heavy atom. The average molecular weight is 441 g/mol. The van der Waals surface area contributed by atoms with Crippen molar-refractivity contribution in [2.45, 2.75) is 9.79 Å². The van der Waals surface area contributed by atoms with Crippen LogP contribution in [0.4, 0.5) is 5.69 Å². The smallest absolute Gasteiger partial charge is 0.243 e. The number of benzene rings is 3. The zero-order valence-corrected chi connectivity index (χ0v) is 18.0. The number of anilines is 1. The van der Waals surface area contributed by atoms with Crippen molar-refractivity contribution in [3.8, 4) is 5.75 Å². The summed E-state index contributed by atoms with van der Waals surface area (Å²) in [5, 5.41) is 1.34. The standard InChI is InChI=1S/C22H20N2O4S2/c1-28-18-8-3-2-7-17(18)23-11-13-24(14-12-23)30(26,27)20-10-9-19-21-15(20)5-4-6-16(21)22(25)29-19/h2-10H,11-14H2,1H3. The molecule has 1 fully saturated rings. The van der Waals surface area contributed by atoms with Crippen molar-refractivity contribution in [1.29, 1.82) is 0 Å². The normalized spacial score (nSPS) is 17.0. The summed E-state index contributed by atoms with van der Waals surface area (Å²) in [6.45, 7) is 1.93. The molecule has 0 unspecified atom stereocenters. The number of hydrogen-bond acceptors (Lipinski definition) is 6. The largest absolute Gasteiger partial charge is 0.495 e. The van der Waals surface area contributed by atoms with Crippen LogP contribution in [0.25, 0.3) is 10.8 Å². The van der Waals surface area contributed by atoms with Crippen LogP contribution in [0.2, 0.25) is 0 Å². The highest BCUT2D eigenvalue weighted by molar-refractivity contribution is 8.14. The maximum absolute atomic E-state index is 13.5. The molecule has 154 valence electrons. The molecule has 5 rings (SSSR count). The number of rotatable bonds is 4. The second-order valence-corrected chi connectivity index (χ2v) is 10.2. The number of ether oxygens (including phenoxy) is 1. The highest BCUT2D eigenvalue weighted by atomic mass is 32.2. The first-order valence-corrected chi connectivity index (χ1v) is 11.9. The number of hydrogen-bond donors (Lipinski definition) is 0. The van der Waals surface area contributed by atoms with E-state index in [-0.39, 0.29) is 10.0 Å². The quantitative estimate of drug-likeness (QED) is 0.618. The minimum atomic E-state index is -3.68. The summed E-state index contributed by atoms with van der Waals surface area (Å²) in [5.74, 6) is 0.781. The van der Waals surface area contributed by atoms with Crippen molar-refractivity contribution in [2.24, 2.45) is 0 Å². The zero-order valence-electron chi connectivity index (χ0n) is 16.4. The lowest BCUT2D eigenvalue weighted by Crippen LogP contribution is -2.48. The first-order valence-electron chi connectivity index (χ1n) is 9.67. The maximum Gasteiger partial charge on any atom is 0.243 e. The summed E-state index contributed by atoms with van der Waals surface area (Å²) in [5.41, 5.74) is 1.56. The van der Waals surface area contributed by atoms with Crippen LogP contribution in [0.3, 0.4) is 0 Å². The van der Waals surface area contributed by atoms with Crippen LogP contribution in [-0.4, -0.2) is 51.1 Å². The van der Waals surface area contributed by atoms with Gasteiger partial charge in [-0.3, -0.25) is 4.79 Å². The van der Waals surface area contributed by atoms with Crippen LogP contribution in [0.15, 0.2) is 64.4 Å². The van der Waals surface area contributed by atoms with Crippen LogP contribution < -0.4 is 9.64 Å². The Kier molecular flexibility index (Phi) is 4.72. The molecule has 0 atom stereocenters. The van der Waals surface area contributed by atoms with Gasteiger partial charge in [-0.15, -0.1) is 0 Å². The van der Waals surface area contributed by atoms with Gasteiger partial charge in [0.25, 0.3) is 0 Å². The van der Waals surface area contributed by atoms with Gasteiger partial charge in [0, 0.05) is 47.4 Å². The molecule has 2 aliphatic rings. The molecule has 6 nitrogen and oxygen atoms in total. The predicted molar refractivity (Wildman–Crippen MR) is 118 cm³/mol. The molecular weight excluding hydrogens is 420 g/mol. The number of thioether (sulfide) groups is 1. The maximum atomic E-state index is 13.5. The van der Waals surface area contributed by atoms with Crippen LogP contribution in [0.1, 0.15) is 10.4 Å². The molecule has 0 spiro atoms. The van der Waals surface area contributed by atoms with Gasteiger partial charge < -0.3 is 9.64 Å². The van der Waals surface area contributed by atoms with E-state index in [1.54, 1.807) is 37.4 Å². The van der Waals surface area contributed by atoms with Crippen LogP contribution in [0.5, 0.6) is 5.75 Å². The van der Waals surface area contributed by atoms with E-state index in [1.165, 1.54) is 4.31 Å². The van der Waals surface area contributed by atoms with Gasteiger partial charge >= 0.3 is 0 Å². The van der Waals surface area contributed by atoms with Gasteiger partial charge in [0.05, 0.1) is 17.7 Å². The van der Waals surface area contributed by atoms with Crippen molar-refractivity contribution in [2.75, 3.05) is 38.2 Å². The molecule has 0 aliphatic carbocycles. The van der Waals surface area contributed by atoms with E-state index < -0.39 is 10.0 Å². The van der Waals surface area contributed by atoms with Gasteiger partial charge in [0.15, 0.2) is 0 Å². The number of piperazine rings is 1. The Balaban J connectivity index is 1.45. The number of nitrogens with zero attached hydrogens (tertiary/aromatic N) is 2. The number of carbonyl (C=O) groups is 1. The summed E-state index contributed by atoms with van der Waals surface area (Å²) in [4.78, 5) is 15.5. The van der Waals surface area contributed by atoms with Crippen LogP contribution in [0, 0.1) is 0 Å². The average Bonchev–Trinajstić information content (AvgIpc) is 3.11. The molecule has 3 aromatic carbocycles. The molecule has 0 aromatic heterocycles. The molecule has 0 saturated carbocycles. The number of sulfonamides is 1. The SMILES string of the molecule is COc1ccccc1N1CCN(S(=O)(=O)c2ccc3c4c(cccc24)C(=O)S3)CC1. The van der Waals surface area contributed by atoms with E-state index in [0.717, 1.165) is 33.5 Å². The minimum absolute atomic E-state index is 0.0319. The third-order valence-corrected chi connectivity index (χ3v) is 8.59. The lowest BCUT2D eigenvalue weighted by Gasteiger charge is -2.36. The third kappa shape index (κ3) is 2.98. The number of carbonyl (C=O) groups excluding carboxylic acids is 1. The summed E-state index contributed by atoms with van der Waals surface area (Å²) >= 11 is 1.16. The van der Waals surface area contributed by atoms with Crippen molar-refractivity contribution >= 4 is 43.4 Å². The van der Waals surface area contributed by atoms with Gasteiger partial charge in [-0.1, -0.05) is 24.3 Å². The topological polar surface area (TPSA) is 66.9 Å². The van der Waals surface area contributed by atoms with Crippen molar-refractivity contribution in [3.63, 3.8) is 0 Å². The second kappa shape index (κ2) is 7.30. The number of para-hydroxylation sites is 2. The van der Waals surface area contributed by atoms with E-state index in [1.807, 2.05) is 24.3 Å². The monoisotopic (exact) mass is 440 g/mol. The summed E-state index contributed by atoms with van der Waals surface area (Å²) in [6.07, 6.45) is 0. The lowest BCUT2D eigenvalue weighted by atomic mass is 10.1. The zero-order chi connectivity index (χ0) is 20.9. The lowest BCUT2D eigenvalue weighted by molar-refractivity contribution is 0.109. The van der Waals surface area contributed by atoms with Crippen LogP contribution >= 0.6 is 11.8 Å². The van der Waals surface area contributed by atoms with Gasteiger partial charge in [0.2, 0.25) is 15.1 Å². The molecule has 2 heterocycles. The first kappa shape index (κ1) is 19.4. The first-order chi connectivity index (χ1) is 14.5. The van der Waals surface area contributed by atoms with E-state index in [4.69, 9.17) is 4.74 Å². The molecule has 8 heteroatoms. The molecule has 3 aromatic rings. The molecule has 0 N–H and O–H groups in total. The van der Waals surface area contributed by atoms with Gasteiger partial charge in [0.1, 0.15) is 5.75 Å². The van der Waals surface area contributed by atoms with E-state index >= 15 is 0 Å². The summed E-state index contributed by atoms with van der Waals surface area (Å²) in [6, 6.07) is 16.5. The highest BCUT2D eigenvalue weighted by Crippen LogP contribution is 2.43. The van der Waals surface area contributed by atoms with Gasteiger partial charge in [-0.2, -0.15) is 4.31 Å². The Bertz CT molecular complexity index is 1270. The number of methoxy groups -OCH3 is 1. The Morgan fingerprint density at radius 2 is 1.70 bits per heavy atom. The fourth-order valence-corrected chi connectivity index (χ4v) is 6.73. The van der Waals surface area contributed by atoms with Gasteiger partial charge in [-0.05, 0) is 42.1 Å². The van der Waals surface area contributed by atoms with Crippen molar-refractivity contribution < 1.29 is 17.9 Å². The Morgan fingerprint density at radius 1 is 0.933 bits per heavy atom. The fraction of sp³-hybridized carbons (Fsp3) is 0.227. The molecule has 0 amide bonds. The predicted octanol–water partition coefficient (Wildman–Crippen LogP) is 3.61. The Hall–Kier alpha value is -2.55. The van der Waals surface area contributed by atoms with Crippen molar-refractivity contribution in [3.05, 3.63) is 60.2 Å². The molecule has 1 saturated heterocycles. The van der Waals surface area contributed by atoms with E-state index in [2.05, 4.69) is 4.90 Å². The fourth-order valence-electron chi connectivity index (χ4n) is 4.18. The Labute approximate surface area is 179 Å². The molecule has 0 bridgehead atoms. The van der Waals surface area contributed by atoms with E-state index in [9.17, 15) is 13.2 Å². The second-order valence-electron chi connectivity index (χ2n) is 7.24. The highest BCUT2D eigenvalue weighted by Gasteiger charge is 2.33. The third-order valence-electron chi connectivity index (χ3n) is 5.67. The summed E-state index contributed by atoms with van der Waals surface area (Å²) in [7, 11) is -2.04. The van der Waals surface area contributed by atoms with Crippen LogP contribution in [-0.2, 0) is 10.0 Å². The van der Waals surface area contributed by atoms with Crippen molar-refractivity contribution in [1.82, 2.24) is 4.31 Å². The molecular formula is C22H20N2O4S2. The minimum Gasteiger partial charge on any atom is -0.495 e. The summed E-state index contributed by atoms with van der Waals surface area (Å²) < 4.78 is 33.9. The van der Waals surface area contributed by atoms with Gasteiger partial charge in [-0.25, -0.2) is 8.42 Å².